The molecule has 1 saturated heterocycles. The van der Waals surface area contributed by atoms with Crippen LogP contribution in [-0.2, 0) is 7.05 Å². The van der Waals surface area contributed by atoms with Gasteiger partial charge in [0.1, 0.15) is 5.69 Å². The van der Waals surface area contributed by atoms with Gasteiger partial charge < -0.3 is 4.90 Å². The summed E-state index contributed by atoms with van der Waals surface area (Å²) in [6.07, 6.45) is 6.07. The molecule has 1 atom stereocenters. The van der Waals surface area contributed by atoms with Crippen LogP contribution in [0.2, 0.25) is 0 Å². The van der Waals surface area contributed by atoms with Gasteiger partial charge in [-0.2, -0.15) is 5.10 Å². The van der Waals surface area contributed by atoms with Crippen molar-refractivity contribution in [2.45, 2.75) is 25.8 Å². The lowest BCUT2D eigenvalue weighted by Gasteiger charge is -2.23. The standard InChI is InChI=1S/C16H18N6S/c1-11-12(10-18-21(11)2)14-7-5-9-22(14)16-20-19-15(23-16)13-6-3-4-8-17-13/h3-4,6,8,10,14H,5,7,9H2,1-2H3. The third-order valence-electron chi connectivity index (χ3n) is 4.43. The summed E-state index contributed by atoms with van der Waals surface area (Å²) < 4.78 is 1.94. The van der Waals surface area contributed by atoms with Gasteiger partial charge in [0, 0.05) is 31.0 Å². The van der Waals surface area contributed by atoms with Crippen molar-refractivity contribution in [3.05, 3.63) is 41.9 Å². The Morgan fingerprint density at radius 1 is 1.26 bits per heavy atom. The molecule has 7 heteroatoms. The molecular formula is C16H18N6S. The van der Waals surface area contributed by atoms with Crippen molar-refractivity contribution in [2.24, 2.45) is 7.05 Å². The van der Waals surface area contributed by atoms with E-state index in [4.69, 9.17) is 0 Å². The normalized spacial score (nSPS) is 17.8. The second kappa shape index (κ2) is 5.73. The van der Waals surface area contributed by atoms with Gasteiger partial charge in [-0.25, -0.2) is 0 Å². The minimum atomic E-state index is 0.341. The first-order chi connectivity index (χ1) is 11.2. The number of pyridine rings is 1. The zero-order valence-corrected chi connectivity index (χ0v) is 14.0. The van der Waals surface area contributed by atoms with E-state index in [1.54, 1.807) is 17.5 Å². The summed E-state index contributed by atoms with van der Waals surface area (Å²) in [5.74, 6) is 0. The van der Waals surface area contributed by atoms with Crippen LogP contribution >= 0.6 is 11.3 Å². The summed E-state index contributed by atoms with van der Waals surface area (Å²) in [4.78, 5) is 6.71. The number of rotatable bonds is 3. The summed E-state index contributed by atoms with van der Waals surface area (Å²) in [6.45, 7) is 3.13. The van der Waals surface area contributed by atoms with Gasteiger partial charge in [-0.1, -0.05) is 17.4 Å². The Kier molecular flexibility index (Phi) is 3.57. The quantitative estimate of drug-likeness (QED) is 0.740. The molecular weight excluding hydrogens is 308 g/mol. The average Bonchev–Trinajstić information content (AvgIpc) is 3.29. The molecule has 0 amide bonds. The molecule has 1 aliphatic heterocycles. The van der Waals surface area contributed by atoms with Crippen LogP contribution in [0.25, 0.3) is 10.7 Å². The molecule has 0 radical (unpaired) electrons. The Morgan fingerprint density at radius 3 is 2.91 bits per heavy atom. The first-order valence-electron chi connectivity index (χ1n) is 7.74. The van der Waals surface area contributed by atoms with Crippen LogP contribution in [0.4, 0.5) is 5.13 Å². The Labute approximate surface area is 138 Å². The van der Waals surface area contributed by atoms with Crippen LogP contribution in [0.5, 0.6) is 0 Å². The molecule has 3 aromatic heterocycles. The molecule has 0 bridgehead atoms. The highest BCUT2D eigenvalue weighted by atomic mass is 32.1. The van der Waals surface area contributed by atoms with E-state index in [9.17, 15) is 0 Å². The minimum Gasteiger partial charge on any atom is -0.339 e. The number of nitrogens with zero attached hydrogens (tertiary/aromatic N) is 6. The van der Waals surface area contributed by atoms with Crippen molar-refractivity contribution < 1.29 is 0 Å². The molecule has 0 spiro atoms. The van der Waals surface area contributed by atoms with Crippen molar-refractivity contribution in [1.82, 2.24) is 25.0 Å². The second-order valence-corrected chi connectivity index (χ2v) is 6.72. The lowest BCUT2D eigenvalue weighted by Crippen LogP contribution is -2.22. The van der Waals surface area contributed by atoms with Gasteiger partial charge in [-0.05, 0) is 31.9 Å². The lowest BCUT2D eigenvalue weighted by molar-refractivity contribution is 0.695. The first-order valence-corrected chi connectivity index (χ1v) is 8.56. The number of aromatic nitrogens is 5. The highest BCUT2D eigenvalue weighted by molar-refractivity contribution is 7.18. The van der Waals surface area contributed by atoms with Gasteiger partial charge in [0.15, 0.2) is 5.01 Å². The molecule has 4 heterocycles. The molecule has 3 aromatic rings. The van der Waals surface area contributed by atoms with Gasteiger partial charge >= 0.3 is 0 Å². The fourth-order valence-corrected chi connectivity index (χ4v) is 3.98. The lowest BCUT2D eigenvalue weighted by atomic mass is 10.1. The predicted octanol–water partition coefficient (Wildman–Crippen LogP) is 2.98. The van der Waals surface area contributed by atoms with E-state index >= 15 is 0 Å². The number of hydrogen-bond donors (Lipinski definition) is 0. The third-order valence-corrected chi connectivity index (χ3v) is 5.41. The molecule has 4 rings (SSSR count). The molecule has 1 aliphatic rings. The Hall–Kier alpha value is -2.28. The molecule has 0 aliphatic carbocycles. The van der Waals surface area contributed by atoms with Crippen molar-refractivity contribution in [3.8, 4) is 10.7 Å². The van der Waals surface area contributed by atoms with Gasteiger partial charge in [0.05, 0.1) is 12.2 Å². The Morgan fingerprint density at radius 2 is 2.17 bits per heavy atom. The highest BCUT2D eigenvalue weighted by Gasteiger charge is 2.31. The Balaban J connectivity index is 1.65. The zero-order chi connectivity index (χ0) is 15.8. The van der Waals surface area contributed by atoms with E-state index in [0.29, 0.717) is 6.04 Å². The van der Waals surface area contributed by atoms with Crippen LogP contribution in [0.1, 0.15) is 30.1 Å². The fourth-order valence-electron chi connectivity index (χ4n) is 3.09. The molecule has 1 fully saturated rings. The maximum atomic E-state index is 4.41. The van der Waals surface area contributed by atoms with Crippen molar-refractivity contribution in [1.29, 1.82) is 0 Å². The molecule has 1 unspecified atom stereocenters. The van der Waals surface area contributed by atoms with Crippen LogP contribution in [0.15, 0.2) is 30.6 Å². The monoisotopic (exact) mass is 326 g/mol. The van der Waals surface area contributed by atoms with Gasteiger partial charge in [0.25, 0.3) is 0 Å². The number of aryl methyl sites for hydroxylation is 1. The van der Waals surface area contributed by atoms with Gasteiger partial charge in [-0.3, -0.25) is 9.67 Å². The summed E-state index contributed by atoms with van der Waals surface area (Å²) in [7, 11) is 1.99. The highest BCUT2D eigenvalue weighted by Crippen LogP contribution is 2.39. The van der Waals surface area contributed by atoms with Crippen LogP contribution < -0.4 is 4.90 Å². The molecule has 0 aromatic carbocycles. The predicted molar refractivity (Wildman–Crippen MR) is 90.4 cm³/mol. The maximum absolute atomic E-state index is 4.41. The van der Waals surface area contributed by atoms with Crippen LogP contribution in [-0.4, -0.2) is 31.5 Å². The third kappa shape index (κ3) is 2.50. The fraction of sp³-hybridized carbons (Fsp3) is 0.375. The van der Waals surface area contributed by atoms with Gasteiger partial charge in [0.2, 0.25) is 5.13 Å². The van der Waals surface area contributed by atoms with Crippen molar-refractivity contribution >= 4 is 16.5 Å². The summed E-state index contributed by atoms with van der Waals surface area (Å²) in [5, 5.41) is 15.0. The summed E-state index contributed by atoms with van der Waals surface area (Å²) in [5.41, 5.74) is 3.39. The first kappa shape index (κ1) is 14.3. The molecule has 23 heavy (non-hydrogen) atoms. The van der Waals surface area contributed by atoms with Crippen LogP contribution in [0, 0.1) is 6.92 Å². The summed E-state index contributed by atoms with van der Waals surface area (Å²) >= 11 is 1.61. The van der Waals surface area contributed by atoms with E-state index in [-0.39, 0.29) is 0 Å². The molecule has 6 nitrogen and oxygen atoms in total. The largest absolute Gasteiger partial charge is 0.339 e. The number of hydrogen-bond acceptors (Lipinski definition) is 6. The number of anilines is 1. The topological polar surface area (TPSA) is 59.7 Å². The molecule has 0 saturated carbocycles. The SMILES string of the molecule is Cc1c(C2CCCN2c2nnc(-c3ccccn3)s2)cnn1C. The van der Waals surface area contributed by atoms with E-state index in [0.717, 1.165) is 35.2 Å². The molecule has 118 valence electrons. The second-order valence-electron chi connectivity index (χ2n) is 5.77. The van der Waals surface area contributed by atoms with Crippen LogP contribution in [0.3, 0.4) is 0 Å². The maximum Gasteiger partial charge on any atom is 0.209 e. The van der Waals surface area contributed by atoms with E-state index in [1.165, 1.54) is 11.3 Å². The van der Waals surface area contributed by atoms with E-state index in [1.807, 2.05) is 36.1 Å². The van der Waals surface area contributed by atoms with Crippen molar-refractivity contribution in [2.75, 3.05) is 11.4 Å². The van der Waals surface area contributed by atoms with Gasteiger partial charge in [-0.15, -0.1) is 10.2 Å². The minimum absolute atomic E-state index is 0.341. The molecule has 0 N–H and O–H groups in total. The average molecular weight is 326 g/mol. The zero-order valence-electron chi connectivity index (χ0n) is 13.2. The van der Waals surface area contributed by atoms with E-state index in [2.05, 4.69) is 32.1 Å². The van der Waals surface area contributed by atoms with E-state index < -0.39 is 0 Å². The van der Waals surface area contributed by atoms with Crippen molar-refractivity contribution in [3.63, 3.8) is 0 Å². The smallest absolute Gasteiger partial charge is 0.209 e. The Bertz CT molecular complexity index is 809. The summed E-state index contributed by atoms with van der Waals surface area (Å²) in [6, 6.07) is 6.19.